The fourth-order valence-corrected chi connectivity index (χ4v) is 3.86. The maximum absolute atomic E-state index is 12.2. The molecule has 3 rings (SSSR count). The molecule has 6 nitrogen and oxygen atoms in total. The molecule has 1 saturated carbocycles. The third-order valence-electron chi connectivity index (χ3n) is 4.20. The van der Waals surface area contributed by atoms with E-state index in [4.69, 9.17) is 0 Å². The fourth-order valence-electron chi connectivity index (χ4n) is 2.56. The van der Waals surface area contributed by atoms with Crippen molar-refractivity contribution in [1.29, 1.82) is 0 Å². The quantitative estimate of drug-likeness (QED) is 0.481. The molecule has 0 heterocycles. The van der Waals surface area contributed by atoms with Crippen LogP contribution in [0.4, 0.5) is 0 Å². The van der Waals surface area contributed by atoms with Gasteiger partial charge in [-0.15, -0.1) is 0 Å². The molecule has 1 aliphatic carbocycles. The molecule has 0 spiro atoms. The standard InChI is InChI=1S/C20H26N4O2S/c1-2-21-20(22-14-16-6-4-3-5-7-16)23-15-17-8-12-19(13-9-17)27(25,26)24-18-10-11-18/h3-9,12-13,18,24H,2,10-11,14-15H2,1H3,(H2,21,22,23). The van der Waals surface area contributed by atoms with Crippen LogP contribution in [0.2, 0.25) is 0 Å². The summed E-state index contributed by atoms with van der Waals surface area (Å²) in [6.07, 6.45) is 1.85. The van der Waals surface area contributed by atoms with Crippen LogP contribution < -0.4 is 15.4 Å². The number of guanidine groups is 1. The first-order valence-corrected chi connectivity index (χ1v) is 10.7. The number of rotatable bonds is 8. The van der Waals surface area contributed by atoms with Gasteiger partial charge in [0.05, 0.1) is 11.4 Å². The van der Waals surface area contributed by atoms with E-state index in [1.54, 1.807) is 12.1 Å². The SMILES string of the molecule is CCNC(=NCc1ccccc1)NCc1ccc(S(=O)(=O)NC2CC2)cc1. The van der Waals surface area contributed by atoms with E-state index in [-0.39, 0.29) is 6.04 Å². The van der Waals surface area contributed by atoms with Crippen molar-refractivity contribution in [3.8, 4) is 0 Å². The van der Waals surface area contributed by atoms with Crippen molar-refractivity contribution < 1.29 is 8.42 Å². The highest BCUT2D eigenvalue weighted by Crippen LogP contribution is 2.22. The van der Waals surface area contributed by atoms with Crippen LogP contribution in [0.15, 0.2) is 64.5 Å². The molecule has 0 amide bonds. The molecular formula is C20H26N4O2S. The van der Waals surface area contributed by atoms with Crippen molar-refractivity contribution in [3.63, 3.8) is 0 Å². The molecule has 144 valence electrons. The lowest BCUT2D eigenvalue weighted by Gasteiger charge is -2.12. The summed E-state index contributed by atoms with van der Waals surface area (Å²) in [4.78, 5) is 4.89. The van der Waals surface area contributed by atoms with Gasteiger partial charge in [-0.1, -0.05) is 42.5 Å². The summed E-state index contributed by atoms with van der Waals surface area (Å²) >= 11 is 0. The maximum Gasteiger partial charge on any atom is 0.240 e. The molecule has 0 atom stereocenters. The van der Waals surface area contributed by atoms with Gasteiger partial charge in [-0.3, -0.25) is 0 Å². The Morgan fingerprint density at radius 2 is 1.70 bits per heavy atom. The van der Waals surface area contributed by atoms with Crippen LogP contribution in [0.25, 0.3) is 0 Å². The zero-order chi connectivity index (χ0) is 19.1. The minimum Gasteiger partial charge on any atom is -0.357 e. The Hall–Kier alpha value is -2.38. The predicted octanol–water partition coefficient (Wildman–Crippen LogP) is 2.38. The first-order chi connectivity index (χ1) is 13.1. The number of benzene rings is 2. The molecule has 3 N–H and O–H groups in total. The number of nitrogens with zero attached hydrogens (tertiary/aromatic N) is 1. The van der Waals surface area contributed by atoms with Crippen LogP contribution in [-0.2, 0) is 23.1 Å². The van der Waals surface area contributed by atoms with Crippen molar-refractivity contribution in [3.05, 3.63) is 65.7 Å². The van der Waals surface area contributed by atoms with Crippen molar-refractivity contribution in [2.75, 3.05) is 6.54 Å². The lowest BCUT2D eigenvalue weighted by atomic mass is 10.2. The topological polar surface area (TPSA) is 82.6 Å². The fraction of sp³-hybridized carbons (Fsp3) is 0.350. The van der Waals surface area contributed by atoms with Crippen molar-refractivity contribution >= 4 is 16.0 Å². The zero-order valence-electron chi connectivity index (χ0n) is 15.5. The second-order valence-corrected chi connectivity index (χ2v) is 8.29. The lowest BCUT2D eigenvalue weighted by molar-refractivity contribution is 0.581. The van der Waals surface area contributed by atoms with Crippen molar-refractivity contribution in [2.24, 2.45) is 4.99 Å². The van der Waals surface area contributed by atoms with E-state index in [0.29, 0.717) is 18.0 Å². The van der Waals surface area contributed by atoms with Gasteiger partial charge >= 0.3 is 0 Å². The summed E-state index contributed by atoms with van der Waals surface area (Å²) < 4.78 is 27.1. The smallest absolute Gasteiger partial charge is 0.240 e. The second-order valence-electron chi connectivity index (χ2n) is 6.57. The molecule has 27 heavy (non-hydrogen) atoms. The molecular weight excluding hydrogens is 360 g/mol. The Kier molecular flexibility index (Phi) is 6.47. The Labute approximate surface area is 161 Å². The van der Waals surface area contributed by atoms with Gasteiger partial charge in [0.1, 0.15) is 0 Å². The minimum absolute atomic E-state index is 0.111. The molecule has 0 aliphatic heterocycles. The van der Waals surface area contributed by atoms with E-state index < -0.39 is 10.0 Å². The Morgan fingerprint density at radius 3 is 2.33 bits per heavy atom. The third kappa shape index (κ3) is 6.08. The third-order valence-corrected chi connectivity index (χ3v) is 5.74. The summed E-state index contributed by atoms with van der Waals surface area (Å²) in [5.41, 5.74) is 2.14. The summed E-state index contributed by atoms with van der Waals surface area (Å²) in [7, 11) is -3.40. The van der Waals surface area contributed by atoms with Crippen LogP contribution >= 0.6 is 0 Å². The van der Waals surface area contributed by atoms with E-state index >= 15 is 0 Å². The van der Waals surface area contributed by atoms with Crippen molar-refractivity contribution in [1.82, 2.24) is 15.4 Å². The number of hydrogen-bond donors (Lipinski definition) is 3. The molecule has 7 heteroatoms. The lowest BCUT2D eigenvalue weighted by Crippen LogP contribution is -2.36. The van der Waals surface area contributed by atoms with Crippen LogP contribution in [0.1, 0.15) is 30.9 Å². The Bertz CT molecular complexity index is 861. The van der Waals surface area contributed by atoms with Gasteiger partial charge in [0.2, 0.25) is 10.0 Å². The molecule has 0 aromatic heterocycles. The average Bonchev–Trinajstić information content (AvgIpc) is 3.48. The maximum atomic E-state index is 12.2. The molecule has 0 unspecified atom stereocenters. The van der Waals surface area contributed by atoms with Gasteiger partial charge in [0, 0.05) is 19.1 Å². The second kappa shape index (κ2) is 9.01. The first kappa shape index (κ1) is 19.4. The summed E-state index contributed by atoms with van der Waals surface area (Å²) in [6, 6.07) is 17.1. The largest absolute Gasteiger partial charge is 0.357 e. The molecule has 2 aromatic rings. The number of nitrogens with one attached hydrogen (secondary N) is 3. The van der Waals surface area contributed by atoms with Crippen LogP contribution in [-0.4, -0.2) is 27.0 Å². The van der Waals surface area contributed by atoms with Crippen LogP contribution in [0, 0.1) is 0 Å². The molecule has 0 bridgehead atoms. The molecule has 0 saturated heterocycles. The summed E-state index contributed by atoms with van der Waals surface area (Å²) in [5.74, 6) is 0.730. The summed E-state index contributed by atoms with van der Waals surface area (Å²) in [6.45, 7) is 3.95. The van der Waals surface area contributed by atoms with Gasteiger partial charge in [0.25, 0.3) is 0 Å². The van der Waals surface area contributed by atoms with Crippen LogP contribution in [0.3, 0.4) is 0 Å². The normalized spacial score (nSPS) is 14.8. The average molecular weight is 387 g/mol. The first-order valence-electron chi connectivity index (χ1n) is 9.24. The van der Waals surface area contributed by atoms with Gasteiger partial charge in [-0.2, -0.15) is 0 Å². The minimum atomic E-state index is -3.40. The van der Waals surface area contributed by atoms with Crippen LogP contribution in [0.5, 0.6) is 0 Å². The highest BCUT2D eigenvalue weighted by Gasteiger charge is 2.27. The van der Waals surface area contributed by atoms with E-state index in [1.807, 2.05) is 49.4 Å². The number of sulfonamides is 1. The van der Waals surface area contributed by atoms with E-state index in [2.05, 4.69) is 20.3 Å². The van der Waals surface area contributed by atoms with Gasteiger partial charge in [-0.25, -0.2) is 18.1 Å². The summed E-state index contributed by atoms with van der Waals surface area (Å²) in [5, 5.41) is 6.50. The van der Waals surface area contributed by atoms with Crippen molar-refractivity contribution in [2.45, 2.75) is 43.8 Å². The van der Waals surface area contributed by atoms with E-state index in [9.17, 15) is 8.42 Å². The van der Waals surface area contributed by atoms with E-state index in [1.165, 1.54) is 0 Å². The van der Waals surface area contributed by atoms with Gasteiger partial charge in [-0.05, 0) is 43.0 Å². The molecule has 1 aliphatic rings. The number of hydrogen-bond acceptors (Lipinski definition) is 3. The zero-order valence-corrected chi connectivity index (χ0v) is 16.3. The molecule has 0 radical (unpaired) electrons. The van der Waals surface area contributed by atoms with Gasteiger partial charge in [0.15, 0.2) is 5.96 Å². The Morgan fingerprint density at radius 1 is 1.00 bits per heavy atom. The van der Waals surface area contributed by atoms with E-state index in [0.717, 1.165) is 36.5 Å². The monoisotopic (exact) mass is 386 g/mol. The Balaban J connectivity index is 1.58. The van der Waals surface area contributed by atoms with Gasteiger partial charge < -0.3 is 10.6 Å². The molecule has 1 fully saturated rings. The predicted molar refractivity (Wildman–Crippen MR) is 108 cm³/mol. The molecule has 2 aromatic carbocycles. The number of aliphatic imine (C=N–C) groups is 1. The highest BCUT2D eigenvalue weighted by molar-refractivity contribution is 7.89. The highest BCUT2D eigenvalue weighted by atomic mass is 32.2.